The van der Waals surface area contributed by atoms with Crippen molar-refractivity contribution in [2.45, 2.75) is 11.4 Å². The van der Waals surface area contributed by atoms with E-state index in [0.717, 1.165) is 5.56 Å². The van der Waals surface area contributed by atoms with Gasteiger partial charge in [0.1, 0.15) is 0 Å². The number of aromatic nitrogens is 2. The molecule has 0 saturated carbocycles. The number of benzene rings is 2. The topological polar surface area (TPSA) is 107 Å². The summed E-state index contributed by atoms with van der Waals surface area (Å²) in [6.45, 7) is 0.0368. The molecule has 1 heterocycles. The lowest BCUT2D eigenvalue weighted by molar-refractivity contribution is 0.554. The van der Waals surface area contributed by atoms with Gasteiger partial charge in [0.2, 0.25) is 0 Å². The van der Waals surface area contributed by atoms with Crippen molar-refractivity contribution in [1.82, 2.24) is 20.5 Å². The van der Waals surface area contributed by atoms with Gasteiger partial charge < -0.3 is 0 Å². The first kappa shape index (κ1) is 16.2. The molecular weight excluding hydrogens is 328 g/mol. The third-order valence-electron chi connectivity index (χ3n) is 3.46. The van der Waals surface area contributed by atoms with Crippen molar-refractivity contribution in [1.29, 1.82) is 0 Å². The van der Waals surface area contributed by atoms with Gasteiger partial charge in [-0.15, -0.1) is 4.83 Å². The van der Waals surface area contributed by atoms with Gasteiger partial charge in [-0.3, -0.25) is 15.0 Å². The van der Waals surface area contributed by atoms with Crippen molar-refractivity contribution in [2.24, 2.45) is 0 Å². The van der Waals surface area contributed by atoms with Gasteiger partial charge in [0.15, 0.2) is 0 Å². The maximum absolute atomic E-state index is 12.1. The van der Waals surface area contributed by atoms with Gasteiger partial charge in [0.05, 0.1) is 16.2 Å². The van der Waals surface area contributed by atoms with E-state index in [2.05, 4.69) is 20.5 Å². The smallest absolute Gasteiger partial charge is 0.269 e. The number of nitrogens with one attached hydrogen (secondary N) is 4. The molecule has 3 aromatic rings. The fourth-order valence-electron chi connectivity index (χ4n) is 2.28. The van der Waals surface area contributed by atoms with Crippen molar-refractivity contribution >= 4 is 10.0 Å². The summed E-state index contributed by atoms with van der Waals surface area (Å²) in [6.07, 6.45) is 0. The molecular formula is C16H16N4O3S. The van der Waals surface area contributed by atoms with E-state index >= 15 is 0 Å². The molecule has 24 heavy (non-hydrogen) atoms. The predicted molar refractivity (Wildman–Crippen MR) is 90.5 cm³/mol. The number of aromatic amines is 2. The molecule has 0 aliphatic rings. The number of H-pyrrole nitrogens is 2. The lowest BCUT2D eigenvalue weighted by Gasteiger charge is -2.08. The van der Waals surface area contributed by atoms with Crippen molar-refractivity contribution in [3.05, 3.63) is 76.6 Å². The Balaban J connectivity index is 1.75. The summed E-state index contributed by atoms with van der Waals surface area (Å²) in [4.78, 5) is 14.4. The SMILES string of the molecule is O=c1[nH][nH]c(-c2ccccc2)c1CNNS(=O)(=O)c1ccccc1. The van der Waals surface area contributed by atoms with Crippen LogP contribution < -0.4 is 15.8 Å². The van der Waals surface area contributed by atoms with Gasteiger partial charge in [0, 0.05) is 6.54 Å². The second-order valence-corrected chi connectivity index (χ2v) is 6.75. The summed E-state index contributed by atoms with van der Waals surface area (Å²) >= 11 is 0. The number of hydrogen-bond acceptors (Lipinski definition) is 4. The van der Waals surface area contributed by atoms with E-state index in [1.54, 1.807) is 18.2 Å². The monoisotopic (exact) mass is 344 g/mol. The molecule has 124 valence electrons. The molecule has 0 amide bonds. The molecule has 0 aliphatic heterocycles. The van der Waals surface area contributed by atoms with Gasteiger partial charge in [-0.2, -0.15) is 0 Å². The zero-order chi connectivity index (χ0) is 17.0. The maximum atomic E-state index is 12.1. The van der Waals surface area contributed by atoms with Gasteiger partial charge in [-0.25, -0.2) is 13.8 Å². The summed E-state index contributed by atoms with van der Waals surface area (Å²) in [5.41, 5.74) is 4.16. The molecule has 1 aromatic heterocycles. The number of hydrazine groups is 1. The maximum Gasteiger partial charge on any atom is 0.269 e. The van der Waals surface area contributed by atoms with Gasteiger partial charge in [0.25, 0.3) is 15.6 Å². The van der Waals surface area contributed by atoms with Gasteiger partial charge in [-0.05, 0) is 17.7 Å². The Morgan fingerprint density at radius 2 is 1.50 bits per heavy atom. The Morgan fingerprint density at radius 1 is 0.875 bits per heavy atom. The lowest BCUT2D eigenvalue weighted by atomic mass is 10.1. The van der Waals surface area contributed by atoms with Crippen molar-refractivity contribution in [2.75, 3.05) is 0 Å². The quantitative estimate of drug-likeness (QED) is 0.506. The zero-order valence-corrected chi connectivity index (χ0v) is 13.4. The molecule has 0 aliphatic carbocycles. The summed E-state index contributed by atoms with van der Waals surface area (Å²) in [7, 11) is -3.69. The van der Waals surface area contributed by atoms with E-state index in [1.807, 2.05) is 30.3 Å². The van der Waals surface area contributed by atoms with Crippen LogP contribution in [0.3, 0.4) is 0 Å². The third kappa shape index (κ3) is 3.46. The fourth-order valence-corrected chi connectivity index (χ4v) is 3.18. The minimum Gasteiger partial charge on any atom is -0.297 e. The molecule has 4 N–H and O–H groups in total. The van der Waals surface area contributed by atoms with E-state index in [-0.39, 0.29) is 17.0 Å². The van der Waals surface area contributed by atoms with E-state index in [0.29, 0.717) is 11.3 Å². The van der Waals surface area contributed by atoms with Crippen LogP contribution in [-0.4, -0.2) is 18.6 Å². The van der Waals surface area contributed by atoms with Crippen LogP contribution in [0.25, 0.3) is 11.3 Å². The molecule has 0 fully saturated rings. The van der Waals surface area contributed by atoms with Crippen LogP contribution in [0.1, 0.15) is 5.56 Å². The molecule has 0 saturated heterocycles. The fraction of sp³-hybridized carbons (Fsp3) is 0.0625. The standard InChI is InChI=1S/C16H16N4O3S/c21-16-14(15(18-19-16)12-7-3-1-4-8-12)11-17-20-24(22,23)13-9-5-2-6-10-13/h1-10,17,20H,11H2,(H2,18,19,21). The molecule has 7 nitrogen and oxygen atoms in total. The highest BCUT2D eigenvalue weighted by atomic mass is 32.2. The Hall–Kier alpha value is -2.68. The third-order valence-corrected chi connectivity index (χ3v) is 4.77. The zero-order valence-electron chi connectivity index (χ0n) is 12.6. The molecule has 0 unspecified atom stereocenters. The molecule has 8 heteroatoms. The average molecular weight is 344 g/mol. The summed E-state index contributed by atoms with van der Waals surface area (Å²) < 4.78 is 24.3. The summed E-state index contributed by atoms with van der Waals surface area (Å²) in [6, 6.07) is 17.3. The van der Waals surface area contributed by atoms with Crippen LogP contribution in [-0.2, 0) is 16.6 Å². The van der Waals surface area contributed by atoms with Crippen LogP contribution in [0.4, 0.5) is 0 Å². The second kappa shape index (κ2) is 6.83. The Morgan fingerprint density at radius 3 is 2.17 bits per heavy atom. The van der Waals surface area contributed by atoms with E-state index < -0.39 is 10.0 Å². The molecule has 0 bridgehead atoms. The highest BCUT2D eigenvalue weighted by Crippen LogP contribution is 2.18. The van der Waals surface area contributed by atoms with E-state index in [1.165, 1.54) is 12.1 Å². The molecule has 0 radical (unpaired) electrons. The summed E-state index contributed by atoms with van der Waals surface area (Å²) in [5.74, 6) is 0. The predicted octanol–water partition coefficient (Wildman–Crippen LogP) is 1.35. The highest BCUT2D eigenvalue weighted by Gasteiger charge is 2.15. The van der Waals surface area contributed by atoms with Gasteiger partial charge in [-0.1, -0.05) is 48.5 Å². The molecule has 0 atom stereocenters. The minimum absolute atomic E-state index is 0.0368. The Bertz CT molecular complexity index is 963. The number of rotatable bonds is 6. The second-order valence-electron chi connectivity index (χ2n) is 5.07. The minimum atomic E-state index is -3.69. The number of hydrogen-bond donors (Lipinski definition) is 4. The first-order chi connectivity index (χ1) is 11.6. The van der Waals surface area contributed by atoms with Crippen LogP contribution in [0.15, 0.2) is 70.4 Å². The average Bonchev–Trinajstić information content (AvgIpc) is 2.97. The summed E-state index contributed by atoms with van der Waals surface area (Å²) in [5, 5.41) is 5.33. The Kier molecular flexibility index (Phi) is 4.61. The Labute approximate surface area is 138 Å². The molecule has 3 rings (SSSR count). The number of sulfonamides is 1. The van der Waals surface area contributed by atoms with Gasteiger partial charge >= 0.3 is 0 Å². The van der Waals surface area contributed by atoms with E-state index in [4.69, 9.17) is 0 Å². The van der Waals surface area contributed by atoms with Crippen LogP contribution >= 0.6 is 0 Å². The van der Waals surface area contributed by atoms with Crippen molar-refractivity contribution < 1.29 is 8.42 Å². The normalized spacial score (nSPS) is 11.5. The van der Waals surface area contributed by atoms with Crippen LogP contribution in [0, 0.1) is 0 Å². The largest absolute Gasteiger partial charge is 0.297 e. The lowest BCUT2D eigenvalue weighted by Crippen LogP contribution is -2.37. The van der Waals surface area contributed by atoms with Crippen LogP contribution in [0.2, 0.25) is 0 Å². The molecule has 0 spiro atoms. The van der Waals surface area contributed by atoms with Crippen molar-refractivity contribution in [3.8, 4) is 11.3 Å². The highest BCUT2D eigenvalue weighted by molar-refractivity contribution is 7.89. The molecule has 2 aromatic carbocycles. The van der Waals surface area contributed by atoms with E-state index in [9.17, 15) is 13.2 Å². The first-order valence-corrected chi connectivity index (χ1v) is 8.71. The first-order valence-electron chi connectivity index (χ1n) is 7.22. The van der Waals surface area contributed by atoms with Crippen LogP contribution in [0.5, 0.6) is 0 Å². The van der Waals surface area contributed by atoms with Crippen molar-refractivity contribution in [3.63, 3.8) is 0 Å².